The molecule has 1 aliphatic heterocycles. The number of carbonyl (C=O) groups is 4. The van der Waals surface area contributed by atoms with E-state index in [-0.39, 0.29) is 35.3 Å². The molecule has 1 aliphatic carbocycles. The van der Waals surface area contributed by atoms with Crippen LogP contribution in [0.15, 0.2) is 60.2 Å². The fourth-order valence-electron chi connectivity index (χ4n) is 4.05. The highest BCUT2D eigenvalue weighted by molar-refractivity contribution is 6.22. The lowest BCUT2D eigenvalue weighted by Crippen LogP contribution is -2.30. The van der Waals surface area contributed by atoms with Crippen LogP contribution in [0.25, 0.3) is 0 Å². The van der Waals surface area contributed by atoms with Crippen molar-refractivity contribution in [3.8, 4) is 0 Å². The summed E-state index contributed by atoms with van der Waals surface area (Å²) in [5, 5.41) is 2.77. The Morgan fingerprint density at radius 1 is 0.900 bits per heavy atom. The summed E-state index contributed by atoms with van der Waals surface area (Å²) >= 11 is 0. The van der Waals surface area contributed by atoms with E-state index >= 15 is 0 Å². The summed E-state index contributed by atoms with van der Waals surface area (Å²) in [4.78, 5) is 50.7. The number of hydrogen-bond acceptors (Lipinski definition) is 4. The van der Waals surface area contributed by atoms with E-state index in [4.69, 9.17) is 0 Å². The van der Waals surface area contributed by atoms with Crippen molar-refractivity contribution in [2.45, 2.75) is 26.7 Å². The molecule has 1 heterocycles. The number of imide groups is 1. The highest BCUT2D eigenvalue weighted by atomic mass is 16.2. The van der Waals surface area contributed by atoms with Gasteiger partial charge in [0.15, 0.2) is 5.78 Å². The Bertz CT molecular complexity index is 1070. The van der Waals surface area contributed by atoms with Crippen LogP contribution in [0, 0.1) is 11.8 Å². The van der Waals surface area contributed by atoms with Crippen molar-refractivity contribution in [1.29, 1.82) is 0 Å². The molecule has 2 aromatic carbocycles. The minimum Gasteiger partial charge on any atom is -0.322 e. The zero-order chi connectivity index (χ0) is 21.4. The molecule has 0 aromatic heterocycles. The van der Waals surface area contributed by atoms with Crippen LogP contribution in [0.5, 0.6) is 0 Å². The number of carbonyl (C=O) groups excluding carboxylic acids is 4. The van der Waals surface area contributed by atoms with Crippen molar-refractivity contribution in [3.63, 3.8) is 0 Å². The number of anilines is 2. The standard InChI is InChI=1S/C24H22N2O4/c1-14-3-12-20-21(13-14)24(30)26(23(20)29)19-10-6-17(7-11-19)22(28)25-18-8-4-16(5-9-18)15(2)27/h3-11,20-21H,12-13H2,1-2H3,(H,25,28)/t20-,21+/m1/s1. The molecule has 2 atom stereocenters. The fraction of sp³-hybridized carbons (Fsp3) is 0.250. The Balaban J connectivity index is 1.47. The number of nitrogens with zero attached hydrogens (tertiary/aromatic N) is 1. The van der Waals surface area contributed by atoms with Crippen molar-refractivity contribution < 1.29 is 19.2 Å². The molecule has 2 aromatic rings. The predicted octanol–water partition coefficient (Wildman–Crippen LogP) is 3.99. The van der Waals surface area contributed by atoms with Crippen molar-refractivity contribution in [2.75, 3.05) is 10.2 Å². The SMILES string of the molecule is CC(=O)c1ccc(NC(=O)c2ccc(N3C(=O)[C@H]4CC(C)=CC[C@H]4C3=O)cc2)cc1. The number of rotatable bonds is 4. The quantitative estimate of drug-likeness (QED) is 0.476. The van der Waals surface area contributed by atoms with E-state index in [1.807, 2.05) is 13.0 Å². The molecule has 1 N–H and O–H groups in total. The molecule has 4 rings (SSSR count). The van der Waals surface area contributed by atoms with Gasteiger partial charge in [-0.15, -0.1) is 0 Å². The summed E-state index contributed by atoms with van der Waals surface area (Å²) in [6.07, 6.45) is 3.25. The number of fused-ring (bicyclic) bond motifs is 1. The van der Waals surface area contributed by atoms with Crippen LogP contribution in [0.4, 0.5) is 11.4 Å². The first-order chi connectivity index (χ1) is 14.3. The van der Waals surface area contributed by atoms with Crippen molar-refractivity contribution in [2.24, 2.45) is 11.8 Å². The van der Waals surface area contributed by atoms with E-state index < -0.39 is 0 Å². The van der Waals surface area contributed by atoms with Crippen molar-refractivity contribution in [3.05, 3.63) is 71.3 Å². The minimum atomic E-state index is -0.315. The average molecular weight is 402 g/mol. The molecule has 0 bridgehead atoms. The van der Waals surface area contributed by atoms with Crippen molar-refractivity contribution in [1.82, 2.24) is 0 Å². The topological polar surface area (TPSA) is 83.6 Å². The summed E-state index contributed by atoms with van der Waals surface area (Å²) in [5.41, 5.74) is 3.18. The monoisotopic (exact) mass is 402 g/mol. The number of ketones is 1. The molecule has 0 unspecified atom stereocenters. The predicted molar refractivity (Wildman–Crippen MR) is 113 cm³/mol. The van der Waals surface area contributed by atoms with Gasteiger partial charge in [-0.3, -0.25) is 24.1 Å². The molecule has 30 heavy (non-hydrogen) atoms. The van der Waals surface area contributed by atoms with E-state index in [9.17, 15) is 19.2 Å². The summed E-state index contributed by atoms with van der Waals surface area (Å²) in [6, 6.07) is 13.1. The Morgan fingerprint density at radius 2 is 1.50 bits per heavy atom. The Kier molecular flexibility index (Phi) is 5.08. The first kappa shape index (κ1) is 19.8. The van der Waals surface area contributed by atoms with Gasteiger partial charge >= 0.3 is 0 Å². The zero-order valence-corrected chi connectivity index (χ0v) is 16.8. The lowest BCUT2D eigenvalue weighted by Gasteiger charge is -2.18. The van der Waals surface area contributed by atoms with Gasteiger partial charge in [0.25, 0.3) is 5.91 Å². The van der Waals surface area contributed by atoms with E-state index in [1.165, 1.54) is 11.8 Å². The summed E-state index contributed by atoms with van der Waals surface area (Å²) in [5.74, 6) is -1.27. The Morgan fingerprint density at radius 3 is 2.13 bits per heavy atom. The average Bonchev–Trinajstić information content (AvgIpc) is 2.98. The van der Waals surface area contributed by atoms with Gasteiger partial charge in [0.2, 0.25) is 11.8 Å². The van der Waals surface area contributed by atoms with Gasteiger partial charge in [0, 0.05) is 16.8 Å². The van der Waals surface area contributed by atoms with Crippen LogP contribution in [-0.4, -0.2) is 23.5 Å². The van der Waals surface area contributed by atoms with E-state index in [0.717, 1.165) is 5.57 Å². The lowest BCUT2D eigenvalue weighted by molar-refractivity contribution is -0.122. The summed E-state index contributed by atoms with van der Waals surface area (Å²) < 4.78 is 0. The molecular weight excluding hydrogens is 380 g/mol. The molecule has 0 spiro atoms. The maximum atomic E-state index is 12.8. The van der Waals surface area contributed by atoms with Gasteiger partial charge in [-0.25, -0.2) is 0 Å². The second kappa shape index (κ2) is 7.71. The second-order valence-corrected chi connectivity index (χ2v) is 7.85. The van der Waals surface area contributed by atoms with Crippen LogP contribution in [0.1, 0.15) is 47.4 Å². The maximum absolute atomic E-state index is 12.8. The summed E-state index contributed by atoms with van der Waals surface area (Å²) in [7, 11) is 0. The van der Waals surface area contributed by atoms with E-state index in [0.29, 0.717) is 35.3 Å². The Hall–Kier alpha value is -3.54. The maximum Gasteiger partial charge on any atom is 0.255 e. The molecule has 3 amide bonds. The van der Waals surface area contributed by atoms with Crippen LogP contribution in [0.2, 0.25) is 0 Å². The van der Waals surface area contributed by atoms with Crippen LogP contribution in [0.3, 0.4) is 0 Å². The molecule has 1 fully saturated rings. The molecule has 2 aliphatic rings. The third-order valence-electron chi connectivity index (χ3n) is 5.76. The third kappa shape index (κ3) is 3.56. The molecule has 6 heteroatoms. The lowest BCUT2D eigenvalue weighted by atomic mass is 9.82. The molecule has 0 saturated carbocycles. The number of amides is 3. The number of hydrogen-bond donors (Lipinski definition) is 1. The highest BCUT2D eigenvalue weighted by Crippen LogP contribution is 2.39. The normalized spacial score (nSPS) is 20.6. The zero-order valence-electron chi connectivity index (χ0n) is 16.8. The number of nitrogens with one attached hydrogen (secondary N) is 1. The first-order valence-corrected chi connectivity index (χ1v) is 9.91. The minimum absolute atomic E-state index is 0.0414. The van der Waals surface area contributed by atoms with Gasteiger partial charge in [-0.2, -0.15) is 0 Å². The summed E-state index contributed by atoms with van der Waals surface area (Å²) in [6.45, 7) is 3.47. The van der Waals surface area contributed by atoms with Gasteiger partial charge in [0.05, 0.1) is 17.5 Å². The first-order valence-electron chi connectivity index (χ1n) is 9.91. The smallest absolute Gasteiger partial charge is 0.255 e. The molecule has 6 nitrogen and oxygen atoms in total. The second-order valence-electron chi connectivity index (χ2n) is 7.85. The van der Waals surface area contributed by atoms with Gasteiger partial charge < -0.3 is 5.32 Å². The van der Waals surface area contributed by atoms with Crippen molar-refractivity contribution >= 4 is 34.9 Å². The van der Waals surface area contributed by atoms with Crippen LogP contribution >= 0.6 is 0 Å². The fourth-order valence-corrected chi connectivity index (χ4v) is 4.05. The Labute approximate surface area is 174 Å². The van der Waals surface area contributed by atoms with Crippen LogP contribution < -0.4 is 10.2 Å². The van der Waals surface area contributed by atoms with E-state index in [1.54, 1.807) is 48.5 Å². The highest BCUT2D eigenvalue weighted by Gasteiger charge is 2.48. The van der Waals surface area contributed by atoms with Gasteiger partial charge in [-0.05, 0) is 75.2 Å². The van der Waals surface area contributed by atoms with Crippen LogP contribution in [-0.2, 0) is 9.59 Å². The largest absolute Gasteiger partial charge is 0.322 e. The number of Topliss-reactive ketones (excluding diaryl/α,β-unsaturated/α-hetero) is 1. The molecule has 152 valence electrons. The number of benzene rings is 2. The third-order valence-corrected chi connectivity index (χ3v) is 5.76. The molecular formula is C24H22N2O4. The van der Waals surface area contributed by atoms with Gasteiger partial charge in [-0.1, -0.05) is 11.6 Å². The van der Waals surface area contributed by atoms with E-state index in [2.05, 4.69) is 5.32 Å². The molecule has 0 radical (unpaired) electrons. The number of allylic oxidation sites excluding steroid dienone is 2. The molecule has 1 saturated heterocycles. The van der Waals surface area contributed by atoms with Gasteiger partial charge in [0.1, 0.15) is 0 Å².